The summed E-state index contributed by atoms with van der Waals surface area (Å²) in [5.74, 6) is -1.07. The highest BCUT2D eigenvalue weighted by Gasteiger charge is 2.32. The number of carboxylic acids is 1. The molecule has 18 heavy (non-hydrogen) atoms. The van der Waals surface area contributed by atoms with E-state index in [1.807, 2.05) is 0 Å². The van der Waals surface area contributed by atoms with Crippen molar-refractivity contribution in [2.24, 2.45) is 0 Å². The van der Waals surface area contributed by atoms with E-state index in [2.05, 4.69) is 4.98 Å². The van der Waals surface area contributed by atoms with E-state index in [0.29, 0.717) is 12.0 Å². The zero-order valence-electron chi connectivity index (χ0n) is 9.41. The van der Waals surface area contributed by atoms with Gasteiger partial charge in [-0.25, -0.2) is 9.78 Å². The molecular formula is C13H10N2O3. The van der Waals surface area contributed by atoms with Gasteiger partial charge in [0, 0.05) is 24.4 Å². The van der Waals surface area contributed by atoms with Crippen molar-refractivity contribution in [1.82, 2.24) is 9.55 Å². The highest BCUT2D eigenvalue weighted by atomic mass is 16.4. The van der Waals surface area contributed by atoms with Gasteiger partial charge in [-0.05, 0) is 17.7 Å². The van der Waals surface area contributed by atoms with Gasteiger partial charge in [-0.3, -0.25) is 4.79 Å². The summed E-state index contributed by atoms with van der Waals surface area (Å²) in [6.45, 7) is 0. The number of benzene rings is 1. The number of carbonyl (C=O) groups is 2. The Bertz CT molecular complexity index is 632. The van der Waals surface area contributed by atoms with Crippen LogP contribution in [0.15, 0.2) is 36.9 Å². The van der Waals surface area contributed by atoms with Crippen LogP contribution in [0.2, 0.25) is 0 Å². The zero-order chi connectivity index (χ0) is 12.7. The molecule has 1 heterocycles. The van der Waals surface area contributed by atoms with E-state index in [0.717, 1.165) is 5.56 Å². The summed E-state index contributed by atoms with van der Waals surface area (Å²) >= 11 is 0. The van der Waals surface area contributed by atoms with E-state index in [1.165, 1.54) is 12.1 Å². The Kier molecular flexibility index (Phi) is 2.26. The van der Waals surface area contributed by atoms with E-state index >= 15 is 0 Å². The molecule has 2 aromatic rings. The van der Waals surface area contributed by atoms with E-state index in [9.17, 15) is 9.59 Å². The first-order chi connectivity index (χ1) is 8.66. The maximum Gasteiger partial charge on any atom is 0.335 e. The molecule has 1 aromatic heterocycles. The summed E-state index contributed by atoms with van der Waals surface area (Å²) in [4.78, 5) is 27.0. The molecular weight excluding hydrogens is 232 g/mol. The number of aromatic nitrogens is 2. The first-order valence-corrected chi connectivity index (χ1v) is 5.54. The Labute approximate surface area is 103 Å². The summed E-state index contributed by atoms with van der Waals surface area (Å²) in [7, 11) is 0. The molecule has 1 aliphatic carbocycles. The fraction of sp³-hybridized carbons (Fsp3) is 0.154. The van der Waals surface area contributed by atoms with Crippen molar-refractivity contribution in [1.29, 1.82) is 0 Å². The molecule has 5 heteroatoms. The first kappa shape index (κ1) is 10.7. The van der Waals surface area contributed by atoms with Crippen LogP contribution in [-0.4, -0.2) is 26.4 Å². The molecule has 1 unspecified atom stereocenters. The summed E-state index contributed by atoms with van der Waals surface area (Å²) < 4.78 is 1.75. The van der Waals surface area contributed by atoms with Gasteiger partial charge in [-0.2, -0.15) is 0 Å². The molecule has 0 saturated carbocycles. The molecule has 1 aromatic carbocycles. The van der Waals surface area contributed by atoms with Gasteiger partial charge in [0.05, 0.1) is 11.9 Å². The Balaban J connectivity index is 2.02. The van der Waals surface area contributed by atoms with Crippen molar-refractivity contribution in [2.45, 2.75) is 12.5 Å². The Morgan fingerprint density at radius 3 is 2.94 bits per heavy atom. The van der Waals surface area contributed by atoms with Crippen molar-refractivity contribution >= 4 is 11.8 Å². The lowest BCUT2D eigenvalue weighted by Gasteiger charge is -2.08. The van der Waals surface area contributed by atoms with Crippen LogP contribution in [0.5, 0.6) is 0 Å². The molecule has 90 valence electrons. The number of ketones is 1. The molecule has 0 bridgehead atoms. The van der Waals surface area contributed by atoms with Crippen molar-refractivity contribution in [3.05, 3.63) is 53.6 Å². The number of hydrogen-bond acceptors (Lipinski definition) is 3. The average Bonchev–Trinajstić information content (AvgIpc) is 2.97. The monoisotopic (exact) mass is 242 g/mol. The van der Waals surface area contributed by atoms with Gasteiger partial charge in [0.1, 0.15) is 6.04 Å². The highest BCUT2D eigenvalue weighted by Crippen LogP contribution is 2.30. The lowest BCUT2D eigenvalue weighted by molar-refractivity contribution is 0.0697. The minimum Gasteiger partial charge on any atom is -0.478 e. The fourth-order valence-corrected chi connectivity index (χ4v) is 2.29. The number of imidazole rings is 1. The second-order valence-corrected chi connectivity index (χ2v) is 4.27. The third-order valence-corrected chi connectivity index (χ3v) is 3.22. The van der Waals surface area contributed by atoms with Gasteiger partial charge in [0.25, 0.3) is 0 Å². The second-order valence-electron chi connectivity index (χ2n) is 4.27. The van der Waals surface area contributed by atoms with Gasteiger partial charge in [-0.1, -0.05) is 6.07 Å². The highest BCUT2D eigenvalue weighted by molar-refractivity contribution is 6.05. The molecule has 1 atom stereocenters. The van der Waals surface area contributed by atoms with Crippen molar-refractivity contribution in [3.63, 3.8) is 0 Å². The van der Waals surface area contributed by atoms with Crippen LogP contribution < -0.4 is 0 Å². The average molecular weight is 242 g/mol. The number of aromatic carboxylic acids is 1. The zero-order valence-corrected chi connectivity index (χ0v) is 9.41. The van der Waals surface area contributed by atoms with Crippen LogP contribution in [0.25, 0.3) is 0 Å². The molecule has 0 aliphatic heterocycles. The van der Waals surface area contributed by atoms with Crippen molar-refractivity contribution in [2.75, 3.05) is 0 Å². The molecule has 5 nitrogen and oxygen atoms in total. The smallest absolute Gasteiger partial charge is 0.335 e. The summed E-state index contributed by atoms with van der Waals surface area (Å²) in [6, 6.07) is 4.40. The predicted octanol–water partition coefficient (Wildman–Crippen LogP) is 1.56. The Morgan fingerprint density at radius 1 is 1.44 bits per heavy atom. The van der Waals surface area contributed by atoms with Gasteiger partial charge in [0.15, 0.2) is 5.78 Å². The molecule has 1 aliphatic rings. The summed E-state index contributed by atoms with van der Waals surface area (Å²) in [5, 5.41) is 8.93. The largest absolute Gasteiger partial charge is 0.478 e. The normalized spacial score (nSPS) is 17.8. The quantitative estimate of drug-likeness (QED) is 0.867. The molecule has 0 fully saturated rings. The Morgan fingerprint density at radius 2 is 2.28 bits per heavy atom. The van der Waals surface area contributed by atoms with E-state index < -0.39 is 5.97 Å². The van der Waals surface area contributed by atoms with E-state index in [4.69, 9.17) is 5.11 Å². The number of nitrogens with zero attached hydrogens (tertiary/aromatic N) is 2. The molecule has 1 N–H and O–H groups in total. The molecule has 0 radical (unpaired) electrons. The number of carboxylic acid groups (broad SMARTS) is 1. The van der Waals surface area contributed by atoms with Gasteiger partial charge < -0.3 is 9.67 Å². The van der Waals surface area contributed by atoms with Gasteiger partial charge in [-0.15, -0.1) is 0 Å². The van der Waals surface area contributed by atoms with Gasteiger partial charge >= 0.3 is 5.97 Å². The molecule has 0 spiro atoms. The van der Waals surface area contributed by atoms with Crippen molar-refractivity contribution < 1.29 is 14.7 Å². The molecule has 3 rings (SSSR count). The fourth-order valence-electron chi connectivity index (χ4n) is 2.29. The molecule has 0 saturated heterocycles. The second kappa shape index (κ2) is 3.80. The van der Waals surface area contributed by atoms with Gasteiger partial charge in [0.2, 0.25) is 0 Å². The first-order valence-electron chi connectivity index (χ1n) is 5.54. The van der Waals surface area contributed by atoms with Crippen LogP contribution in [0.4, 0.5) is 0 Å². The van der Waals surface area contributed by atoms with Crippen molar-refractivity contribution in [3.8, 4) is 0 Å². The summed E-state index contributed by atoms with van der Waals surface area (Å²) in [5.41, 5.74) is 1.55. The van der Waals surface area contributed by atoms with Crippen LogP contribution in [0.1, 0.15) is 32.3 Å². The SMILES string of the molecule is O=C(O)c1ccc2c(c1)C(=O)C(n1ccnc1)C2. The van der Waals surface area contributed by atoms with Crippen LogP contribution >= 0.6 is 0 Å². The third-order valence-electron chi connectivity index (χ3n) is 3.22. The number of fused-ring (bicyclic) bond motifs is 1. The standard InChI is InChI=1S/C13H10N2O3/c16-12-10-5-9(13(17)18)2-1-8(10)6-11(12)15-4-3-14-7-15/h1-5,7,11H,6H2,(H,17,18). The number of hydrogen-bond donors (Lipinski definition) is 1. The maximum absolute atomic E-state index is 12.2. The van der Waals surface area contributed by atoms with Crippen LogP contribution in [0, 0.1) is 0 Å². The summed E-state index contributed by atoms with van der Waals surface area (Å²) in [6.07, 6.45) is 5.56. The number of Topliss-reactive ketones (excluding diaryl/α,β-unsaturated/α-hetero) is 1. The maximum atomic E-state index is 12.2. The minimum atomic E-state index is -1.02. The van der Waals surface area contributed by atoms with Crippen LogP contribution in [0.3, 0.4) is 0 Å². The third kappa shape index (κ3) is 1.52. The van der Waals surface area contributed by atoms with E-state index in [-0.39, 0.29) is 17.4 Å². The molecule has 0 amide bonds. The van der Waals surface area contributed by atoms with E-state index in [1.54, 1.807) is 29.4 Å². The minimum absolute atomic E-state index is 0.0499. The predicted molar refractivity (Wildman–Crippen MR) is 62.7 cm³/mol. The topological polar surface area (TPSA) is 72.2 Å². The number of carbonyl (C=O) groups excluding carboxylic acids is 1. The number of rotatable bonds is 2. The van der Waals surface area contributed by atoms with Crippen LogP contribution in [-0.2, 0) is 6.42 Å². The Hall–Kier alpha value is -2.43. The lowest BCUT2D eigenvalue weighted by Crippen LogP contribution is -2.13. The lowest BCUT2D eigenvalue weighted by atomic mass is 10.1.